The van der Waals surface area contributed by atoms with Crippen molar-refractivity contribution in [3.8, 4) is 0 Å². The third-order valence-corrected chi connectivity index (χ3v) is 6.43. The van der Waals surface area contributed by atoms with Crippen molar-refractivity contribution in [2.24, 2.45) is 0 Å². The SMILES string of the molecule is Cc1cccc(C=C2Sc3ccc(C(=O)NC4CCCC4)cc3N(C)C2=O)c1. The summed E-state index contributed by atoms with van der Waals surface area (Å²) in [5.41, 5.74) is 3.57. The lowest BCUT2D eigenvalue weighted by atomic mass is 10.1. The van der Waals surface area contributed by atoms with Gasteiger partial charge in [-0.1, -0.05) is 54.4 Å². The molecule has 0 radical (unpaired) electrons. The Morgan fingerprint density at radius 1 is 1.18 bits per heavy atom. The van der Waals surface area contributed by atoms with Gasteiger partial charge in [-0.25, -0.2) is 0 Å². The molecule has 2 aromatic rings. The lowest BCUT2D eigenvalue weighted by molar-refractivity contribution is -0.114. The minimum absolute atomic E-state index is 0.0487. The van der Waals surface area contributed by atoms with E-state index in [1.807, 2.05) is 49.4 Å². The van der Waals surface area contributed by atoms with Crippen LogP contribution in [0.15, 0.2) is 52.3 Å². The predicted octanol–water partition coefficient (Wildman–Crippen LogP) is 4.78. The number of hydrogen-bond acceptors (Lipinski definition) is 3. The molecular weight excluding hydrogens is 368 g/mol. The molecule has 5 heteroatoms. The summed E-state index contributed by atoms with van der Waals surface area (Å²) in [6.07, 6.45) is 6.40. The number of rotatable bonds is 3. The molecule has 144 valence electrons. The highest BCUT2D eigenvalue weighted by Gasteiger charge is 2.28. The van der Waals surface area contributed by atoms with Crippen molar-refractivity contribution >= 4 is 35.3 Å². The van der Waals surface area contributed by atoms with Gasteiger partial charge in [-0.2, -0.15) is 0 Å². The van der Waals surface area contributed by atoms with Crippen LogP contribution in [0.2, 0.25) is 0 Å². The number of anilines is 1. The van der Waals surface area contributed by atoms with E-state index >= 15 is 0 Å². The van der Waals surface area contributed by atoms with E-state index in [4.69, 9.17) is 0 Å². The van der Waals surface area contributed by atoms with Crippen LogP contribution in [0.5, 0.6) is 0 Å². The van der Waals surface area contributed by atoms with Gasteiger partial charge in [0.15, 0.2) is 0 Å². The Bertz CT molecular complexity index is 961. The minimum Gasteiger partial charge on any atom is -0.349 e. The zero-order valence-electron chi connectivity index (χ0n) is 16.2. The number of thioether (sulfide) groups is 1. The van der Waals surface area contributed by atoms with Gasteiger partial charge in [0.25, 0.3) is 11.8 Å². The van der Waals surface area contributed by atoms with Gasteiger partial charge in [0.05, 0.1) is 10.6 Å². The van der Waals surface area contributed by atoms with E-state index in [9.17, 15) is 9.59 Å². The van der Waals surface area contributed by atoms with Crippen LogP contribution in [0, 0.1) is 6.92 Å². The first-order chi connectivity index (χ1) is 13.5. The number of hydrogen-bond donors (Lipinski definition) is 1. The first kappa shape index (κ1) is 18.8. The van der Waals surface area contributed by atoms with E-state index in [0.717, 1.165) is 34.6 Å². The Hall–Kier alpha value is -2.53. The number of nitrogens with one attached hydrogen (secondary N) is 1. The minimum atomic E-state index is -0.0540. The molecule has 1 N–H and O–H groups in total. The predicted molar refractivity (Wildman–Crippen MR) is 115 cm³/mol. The number of carbonyl (C=O) groups is 2. The summed E-state index contributed by atoms with van der Waals surface area (Å²) in [5.74, 6) is -0.103. The van der Waals surface area contributed by atoms with Crippen molar-refractivity contribution in [3.63, 3.8) is 0 Å². The molecule has 1 fully saturated rings. The average Bonchev–Trinajstić information content (AvgIpc) is 3.19. The van der Waals surface area contributed by atoms with E-state index in [1.54, 1.807) is 11.9 Å². The van der Waals surface area contributed by atoms with Crippen molar-refractivity contribution in [1.29, 1.82) is 0 Å². The molecule has 0 atom stereocenters. The second-order valence-corrected chi connectivity index (χ2v) is 8.61. The Labute approximate surface area is 170 Å². The Balaban J connectivity index is 1.59. The third-order valence-electron chi connectivity index (χ3n) is 5.35. The van der Waals surface area contributed by atoms with Crippen molar-refractivity contribution in [3.05, 3.63) is 64.1 Å². The molecule has 1 saturated carbocycles. The maximum atomic E-state index is 12.9. The summed E-state index contributed by atoms with van der Waals surface area (Å²) in [4.78, 5) is 28.8. The fourth-order valence-corrected chi connectivity index (χ4v) is 4.88. The molecule has 4 nitrogen and oxygen atoms in total. The molecule has 4 rings (SSSR count). The van der Waals surface area contributed by atoms with E-state index in [-0.39, 0.29) is 17.9 Å². The van der Waals surface area contributed by atoms with Gasteiger partial charge in [0.1, 0.15) is 0 Å². The van der Waals surface area contributed by atoms with Crippen molar-refractivity contribution < 1.29 is 9.59 Å². The van der Waals surface area contributed by atoms with E-state index < -0.39 is 0 Å². The Morgan fingerprint density at radius 3 is 2.71 bits per heavy atom. The average molecular weight is 393 g/mol. The van der Waals surface area contributed by atoms with E-state index in [1.165, 1.54) is 24.6 Å². The fourth-order valence-electron chi connectivity index (χ4n) is 3.79. The van der Waals surface area contributed by atoms with Crippen LogP contribution < -0.4 is 10.2 Å². The van der Waals surface area contributed by atoms with Crippen LogP contribution in [0.3, 0.4) is 0 Å². The highest BCUT2D eigenvalue weighted by atomic mass is 32.2. The number of aryl methyl sites for hydroxylation is 1. The summed E-state index contributed by atoms with van der Waals surface area (Å²) in [6.45, 7) is 2.04. The molecule has 0 unspecified atom stereocenters. The summed E-state index contributed by atoms with van der Waals surface area (Å²) in [7, 11) is 1.77. The van der Waals surface area contributed by atoms with Gasteiger partial charge in [0.2, 0.25) is 0 Å². The van der Waals surface area contributed by atoms with Gasteiger partial charge in [-0.15, -0.1) is 0 Å². The monoisotopic (exact) mass is 392 g/mol. The number of amides is 2. The quantitative estimate of drug-likeness (QED) is 0.765. The smallest absolute Gasteiger partial charge is 0.264 e. The van der Waals surface area contributed by atoms with Crippen LogP contribution in [-0.4, -0.2) is 24.9 Å². The van der Waals surface area contributed by atoms with Gasteiger partial charge in [0, 0.05) is 23.5 Å². The third kappa shape index (κ3) is 3.85. The fraction of sp³-hybridized carbons (Fsp3) is 0.304. The highest BCUT2D eigenvalue weighted by molar-refractivity contribution is 8.04. The Morgan fingerprint density at radius 2 is 1.96 bits per heavy atom. The summed E-state index contributed by atoms with van der Waals surface area (Å²) in [6, 6.07) is 14.0. The largest absolute Gasteiger partial charge is 0.349 e. The first-order valence-corrected chi connectivity index (χ1v) is 10.5. The van der Waals surface area contributed by atoms with Crippen LogP contribution in [0.25, 0.3) is 6.08 Å². The molecule has 2 aliphatic rings. The number of likely N-dealkylation sites (N-methyl/N-ethyl adjacent to an activating group) is 1. The van der Waals surface area contributed by atoms with Crippen LogP contribution in [0.1, 0.15) is 47.2 Å². The lowest BCUT2D eigenvalue weighted by Gasteiger charge is -2.27. The van der Waals surface area contributed by atoms with Crippen LogP contribution >= 0.6 is 11.8 Å². The molecule has 0 spiro atoms. The molecule has 0 saturated heterocycles. The molecule has 1 aliphatic heterocycles. The van der Waals surface area contributed by atoms with E-state index in [2.05, 4.69) is 11.4 Å². The van der Waals surface area contributed by atoms with Gasteiger partial charge in [-0.3, -0.25) is 9.59 Å². The maximum absolute atomic E-state index is 12.9. The summed E-state index contributed by atoms with van der Waals surface area (Å²) >= 11 is 1.46. The second-order valence-electron chi connectivity index (χ2n) is 7.53. The van der Waals surface area contributed by atoms with Crippen LogP contribution in [0.4, 0.5) is 5.69 Å². The van der Waals surface area contributed by atoms with Gasteiger partial charge < -0.3 is 10.2 Å². The maximum Gasteiger partial charge on any atom is 0.264 e. The molecule has 2 amide bonds. The van der Waals surface area contributed by atoms with Crippen LogP contribution in [-0.2, 0) is 4.79 Å². The molecule has 28 heavy (non-hydrogen) atoms. The number of carbonyl (C=O) groups excluding carboxylic acids is 2. The number of fused-ring (bicyclic) bond motifs is 1. The normalized spacial score (nSPS) is 18.4. The molecule has 0 aromatic heterocycles. The number of benzene rings is 2. The summed E-state index contributed by atoms with van der Waals surface area (Å²) in [5, 5.41) is 3.11. The van der Waals surface area contributed by atoms with Crippen molar-refractivity contribution in [1.82, 2.24) is 5.32 Å². The standard InChI is InChI=1S/C23H24N2O2S/c1-15-6-5-7-16(12-15)13-21-23(27)25(2)19-14-17(10-11-20(19)28-21)22(26)24-18-8-3-4-9-18/h5-7,10-14,18H,3-4,8-9H2,1-2H3,(H,24,26). The molecule has 2 aromatic carbocycles. The molecule has 0 bridgehead atoms. The summed E-state index contributed by atoms with van der Waals surface area (Å²) < 4.78 is 0. The molecule has 1 heterocycles. The number of nitrogens with zero attached hydrogens (tertiary/aromatic N) is 1. The zero-order valence-corrected chi connectivity index (χ0v) is 17.0. The first-order valence-electron chi connectivity index (χ1n) is 9.70. The Kier molecular flexibility index (Phi) is 5.27. The topological polar surface area (TPSA) is 49.4 Å². The van der Waals surface area contributed by atoms with Crippen molar-refractivity contribution in [2.75, 3.05) is 11.9 Å². The highest BCUT2D eigenvalue weighted by Crippen LogP contribution is 2.42. The van der Waals surface area contributed by atoms with Gasteiger partial charge >= 0.3 is 0 Å². The second kappa shape index (κ2) is 7.84. The molecular formula is C23H24N2O2S. The lowest BCUT2D eigenvalue weighted by Crippen LogP contribution is -2.33. The van der Waals surface area contributed by atoms with Crippen molar-refractivity contribution in [2.45, 2.75) is 43.5 Å². The van der Waals surface area contributed by atoms with Gasteiger partial charge in [-0.05, 0) is 49.6 Å². The molecule has 1 aliphatic carbocycles. The van der Waals surface area contributed by atoms with E-state index in [0.29, 0.717) is 10.5 Å². The zero-order chi connectivity index (χ0) is 19.7.